The summed E-state index contributed by atoms with van der Waals surface area (Å²) in [5.74, 6) is 0.440. The molecule has 1 fully saturated rings. The summed E-state index contributed by atoms with van der Waals surface area (Å²) in [5.41, 5.74) is 5.64. The lowest BCUT2D eigenvalue weighted by atomic mass is 9.74. The second-order valence-electron chi connectivity index (χ2n) is 2.67. The van der Waals surface area contributed by atoms with Gasteiger partial charge < -0.3 is 5.73 Å². The van der Waals surface area contributed by atoms with Crippen molar-refractivity contribution in [1.29, 1.82) is 0 Å². The van der Waals surface area contributed by atoms with Crippen molar-refractivity contribution in [3.8, 4) is 0 Å². The van der Waals surface area contributed by atoms with Gasteiger partial charge in [-0.25, -0.2) is 0 Å². The van der Waals surface area contributed by atoms with E-state index >= 15 is 0 Å². The number of rotatable bonds is 0. The van der Waals surface area contributed by atoms with E-state index in [-0.39, 0.29) is 0 Å². The highest BCUT2D eigenvalue weighted by Gasteiger charge is 2.13. The van der Waals surface area contributed by atoms with E-state index in [1.165, 1.54) is 0 Å². The molecule has 2 radical (unpaired) electrons. The fourth-order valence-corrected chi connectivity index (χ4v) is 1.14. The third-order valence-corrected chi connectivity index (χ3v) is 1.82. The first kappa shape index (κ1) is 6.15. The molecule has 0 aromatic heterocycles. The minimum absolute atomic E-state index is 0.440. The Morgan fingerprint density at radius 3 is 2.00 bits per heavy atom. The van der Waals surface area contributed by atoms with Crippen LogP contribution in [0.15, 0.2) is 0 Å². The van der Waals surface area contributed by atoms with Crippen LogP contribution >= 0.6 is 0 Å². The molecule has 0 aliphatic heterocycles. The van der Waals surface area contributed by atoms with Gasteiger partial charge in [-0.15, -0.1) is 0 Å². The van der Waals surface area contributed by atoms with Crippen LogP contribution < -0.4 is 5.73 Å². The molecule has 2 heteroatoms. The minimum atomic E-state index is 0.440. The Hall–Kier alpha value is 0.0249. The zero-order valence-corrected chi connectivity index (χ0v) is 5.14. The molecule has 0 saturated heterocycles. The minimum Gasteiger partial charge on any atom is -0.328 e. The molecule has 0 heterocycles. The summed E-state index contributed by atoms with van der Waals surface area (Å²) in [4.78, 5) is 0. The fraction of sp³-hybridized carbons (Fsp3) is 1.00. The maximum Gasteiger partial charge on any atom is 0.0699 e. The van der Waals surface area contributed by atoms with Crippen LogP contribution in [0.3, 0.4) is 0 Å². The van der Waals surface area contributed by atoms with Crippen molar-refractivity contribution in [3.63, 3.8) is 0 Å². The maximum atomic E-state index is 5.64. The Morgan fingerprint density at radius 2 is 1.62 bits per heavy atom. The van der Waals surface area contributed by atoms with E-state index in [4.69, 9.17) is 13.6 Å². The summed E-state index contributed by atoms with van der Waals surface area (Å²) in [6, 6.07) is 0.440. The van der Waals surface area contributed by atoms with E-state index in [1.807, 2.05) is 0 Å². The van der Waals surface area contributed by atoms with E-state index in [2.05, 4.69) is 0 Å². The van der Waals surface area contributed by atoms with Gasteiger partial charge >= 0.3 is 0 Å². The van der Waals surface area contributed by atoms with Gasteiger partial charge in [0.1, 0.15) is 0 Å². The third kappa shape index (κ3) is 1.51. The van der Waals surface area contributed by atoms with Crippen LogP contribution in [0, 0.1) is 0 Å². The second kappa shape index (κ2) is 2.54. The summed E-state index contributed by atoms with van der Waals surface area (Å²) in [6.07, 6.45) is 4.50. The van der Waals surface area contributed by atoms with Crippen LogP contribution in [0.5, 0.6) is 0 Å². The maximum absolute atomic E-state index is 5.64. The molecular formula is C6H12BN. The van der Waals surface area contributed by atoms with Gasteiger partial charge in [0.15, 0.2) is 0 Å². The third-order valence-electron chi connectivity index (χ3n) is 1.82. The number of nitrogens with two attached hydrogens (primary N) is 1. The van der Waals surface area contributed by atoms with E-state index < -0.39 is 0 Å². The van der Waals surface area contributed by atoms with Crippen LogP contribution in [-0.4, -0.2) is 13.9 Å². The smallest absolute Gasteiger partial charge is 0.0699 e. The van der Waals surface area contributed by atoms with Gasteiger partial charge in [0.05, 0.1) is 7.85 Å². The van der Waals surface area contributed by atoms with Crippen LogP contribution in [0.1, 0.15) is 25.7 Å². The first-order valence-electron chi connectivity index (χ1n) is 3.30. The molecule has 44 valence electrons. The summed E-state index contributed by atoms with van der Waals surface area (Å²) in [6.45, 7) is 0. The van der Waals surface area contributed by atoms with Crippen molar-refractivity contribution in [2.45, 2.75) is 37.5 Å². The number of hydrogen-bond donors (Lipinski definition) is 1. The van der Waals surface area contributed by atoms with Gasteiger partial charge in [-0.3, -0.25) is 0 Å². The standard InChI is InChI=1S/C6H12BN/c7-5-1-3-6(8)4-2-5/h5-6H,1-4,8H2. The molecule has 0 aromatic carbocycles. The largest absolute Gasteiger partial charge is 0.328 e. The summed E-state index contributed by atoms with van der Waals surface area (Å²) in [5, 5.41) is 0. The predicted molar refractivity (Wildman–Crippen MR) is 35.9 cm³/mol. The van der Waals surface area contributed by atoms with E-state index in [9.17, 15) is 0 Å². The van der Waals surface area contributed by atoms with Gasteiger partial charge in [0.2, 0.25) is 0 Å². The molecule has 0 aromatic rings. The predicted octanol–water partition coefficient (Wildman–Crippen LogP) is 0.845. The lowest BCUT2D eigenvalue weighted by molar-refractivity contribution is 0.442. The van der Waals surface area contributed by atoms with Gasteiger partial charge in [0.25, 0.3) is 0 Å². The van der Waals surface area contributed by atoms with Gasteiger partial charge in [-0.2, -0.15) is 0 Å². The van der Waals surface area contributed by atoms with Crippen molar-refractivity contribution in [3.05, 3.63) is 0 Å². The molecule has 1 saturated carbocycles. The average Bonchev–Trinajstić information content (AvgIpc) is 1.77. The summed E-state index contributed by atoms with van der Waals surface area (Å²) in [7, 11) is 5.64. The monoisotopic (exact) mass is 109 g/mol. The molecule has 0 unspecified atom stereocenters. The molecule has 0 amide bonds. The molecule has 1 rings (SSSR count). The molecule has 2 N–H and O–H groups in total. The highest BCUT2D eigenvalue weighted by Crippen LogP contribution is 2.24. The Labute approximate surface area is 52.0 Å². The summed E-state index contributed by atoms with van der Waals surface area (Å²) >= 11 is 0. The normalized spacial score (nSPS) is 39.6. The van der Waals surface area contributed by atoms with Crippen LogP contribution in [0.2, 0.25) is 5.82 Å². The molecule has 0 spiro atoms. The SMILES string of the molecule is [B]C1CCC(N)CC1. The van der Waals surface area contributed by atoms with E-state index in [1.54, 1.807) is 0 Å². The molecule has 1 nitrogen and oxygen atoms in total. The Kier molecular flexibility index (Phi) is 1.95. The van der Waals surface area contributed by atoms with Crippen molar-refractivity contribution < 1.29 is 0 Å². The average molecular weight is 109 g/mol. The van der Waals surface area contributed by atoms with Crippen molar-refractivity contribution in [1.82, 2.24) is 0 Å². The van der Waals surface area contributed by atoms with E-state index in [0.717, 1.165) is 25.7 Å². The molecule has 0 atom stereocenters. The van der Waals surface area contributed by atoms with Crippen LogP contribution in [0.25, 0.3) is 0 Å². The zero-order valence-electron chi connectivity index (χ0n) is 5.14. The molecular weight excluding hydrogens is 96.9 g/mol. The Balaban J connectivity index is 2.19. The lowest BCUT2D eigenvalue weighted by Crippen LogP contribution is -2.24. The first-order chi connectivity index (χ1) is 3.79. The quantitative estimate of drug-likeness (QED) is 0.458. The van der Waals surface area contributed by atoms with Crippen molar-refractivity contribution in [2.75, 3.05) is 0 Å². The number of hydrogen-bond acceptors (Lipinski definition) is 1. The second-order valence-corrected chi connectivity index (χ2v) is 2.67. The Morgan fingerprint density at radius 1 is 1.12 bits per heavy atom. The van der Waals surface area contributed by atoms with Crippen molar-refractivity contribution >= 4 is 7.85 Å². The van der Waals surface area contributed by atoms with Crippen molar-refractivity contribution in [2.24, 2.45) is 5.73 Å². The molecule has 1 aliphatic carbocycles. The first-order valence-corrected chi connectivity index (χ1v) is 3.30. The molecule has 8 heavy (non-hydrogen) atoms. The summed E-state index contributed by atoms with van der Waals surface area (Å²) < 4.78 is 0. The van der Waals surface area contributed by atoms with Crippen LogP contribution in [-0.2, 0) is 0 Å². The molecule has 0 bridgehead atoms. The van der Waals surface area contributed by atoms with Crippen LogP contribution in [0.4, 0.5) is 0 Å². The fourth-order valence-electron chi connectivity index (χ4n) is 1.14. The highest BCUT2D eigenvalue weighted by atomic mass is 14.6. The molecule has 1 aliphatic rings. The van der Waals surface area contributed by atoms with E-state index in [0.29, 0.717) is 11.9 Å². The lowest BCUT2D eigenvalue weighted by Gasteiger charge is -2.22. The zero-order chi connectivity index (χ0) is 5.98. The van der Waals surface area contributed by atoms with Gasteiger partial charge in [-0.05, 0) is 12.8 Å². The highest BCUT2D eigenvalue weighted by molar-refractivity contribution is 6.11. The topological polar surface area (TPSA) is 26.0 Å². The van der Waals surface area contributed by atoms with Gasteiger partial charge in [-0.1, -0.05) is 18.7 Å². The van der Waals surface area contributed by atoms with Gasteiger partial charge in [0, 0.05) is 6.04 Å². The Bertz CT molecular complexity index is 56.9.